The van der Waals surface area contributed by atoms with Gasteiger partial charge in [-0.3, -0.25) is 9.59 Å². The van der Waals surface area contributed by atoms with Crippen LogP contribution in [0.3, 0.4) is 0 Å². The molecule has 0 spiro atoms. The molecule has 3 aromatic carbocycles. The number of nitrogens with one attached hydrogen (secondary N) is 1. The highest BCUT2D eigenvalue weighted by Gasteiger charge is 2.35. The van der Waals surface area contributed by atoms with E-state index in [-0.39, 0.29) is 18.4 Å². The molecular weight excluding hydrogens is 418 g/mol. The molecule has 1 aromatic heterocycles. The van der Waals surface area contributed by atoms with Crippen molar-refractivity contribution in [3.8, 4) is 17.0 Å². The predicted octanol–water partition coefficient (Wildman–Crippen LogP) is 4.07. The number of carbonyl (C=O) groups is 2. The monoisotopic (exact) mass is 439 g/mol. The van der Waals surface area contributed by atoms with E-state index in [0.29, 0.717) is 29.2 Å². The van der Waals surface area contributed by atoms with E-state index in [1.165, 1.54) is 6.26 Å². The first-order chi connectivity index (χ1) is 16.2. The summed E-state index contributed by atoms with van der Waals surface area (Å²) in [6.07, 6.45) is 0.486. The quantitative estimate of drug-likeness (QED) is 0.507. The molecule has 7 nitrogen and oxygen atoms in total. The lowest BCUT2D eigenvalue weighted by atomic mass is 10.1. The van der Waals surface area contributed by atoms with Gasteiger partial charge in [0.2, 0.25) is 0 Å². The van der Waals surface area contributed by atoms with E-state index in [1.54, 1.807) is 23.1 Å². The molecule has 2 amide bonds. The van der Waals surface area contributed by atoms with Crippen molar-refractivity contribution in [3.05, 3.63) is 102 Å². The Bertz CT molecular complexity index is 1270. The van der Waals surface area contributed by atoms with Gasteiger partial charge in [-0.15, -0.1) is 0 Å². The lowest BCUT2D eigenvalue weighted by molar-refractivity contribution is -0.127. The van der Waals surface area contributed by atoms with Crippen LogP contribution in [0.1, 0.15) is 15.9 Å². The third kappa shape index (κ3) is 4.21. The Labute approximate surface area is 190 Å². The number of para-hydroxylation sites is 2. The van der Waals surface area contributed by atoms with E-state index in [1.807, 2.05) is 66.7 Å². The molecule has 2 heterocycles. The second kappa shape index (κ2) is 9.00. The molecule has 1 aliphatic rings. The molecule has 1 atom stereocenters. The van der Waals surface area contributed by atoms with Crippen molar-refractivity contribution in [1.82, 2.24) is 10.5 Å². The minimum absolute atomic E-state index is 0.0654. The van der Waals surface area contributed by atoms with Crippen molar-refractivity contribution in [2.24, 2.45) is 0 Å². The molecule has 7 heteroatoms. The first kappa shape index (κ1) is 20.5. The Balaban J connectivity index is 1.41. The zero-order valence-electron chi connectivity index (χ0n) is 17.7. The SMILES string of the molecule is O=C(NCc1ccccc1)[C@H]1CN(C(=O)c2conc2-c2ccccc2)c2ccccc2O1. The van der Waals surface area contributed by atoms with Gasteiger partial charge in [-0.2, -0.15) is 0 Å². The van der Waals surface area contributed by atoms with Gasteiger partial charge < -0.3 is 19.5 Å². The second-order valence-corrected chi connectivity index (χ2v) is 7.64. The van der Waals surface area contributed by atoms with Crippen LogP contribution in [0, 0.1) is 0 Å². The maximum absolute atomic E-state index is 13.6. The van der Waals surface area contributed by atoms with E-state index in [0.717, 1.165) is 11.1 Å². The third-order valence-corrected chi connectivity index (χ3v) is 5.47. The molecule has 0 unspecified atom stereocenters. The predicted molar refractivity (Wildman–Crippen MR) is 123 cm³/mol. The molecule has 0 aliphatic carbocycles. The van der Waals surface area contributed by atoms with Crippen LogP contribution < -0.4 is 15.0 Å². The number of rotatable bonds is 5. The molecule has 33 heavy (non-hydrogen) atoms. The van der Waals surface area contributed by atoms with Crippen molar-refractivity contribution < 1.29 is 18.8 Å². The van der Waals surface area contributed by atoms with Gasteiger partial charge in [-0.05, 0) is 17.7 Å². The Morgan fingerprint density at radius 2 is 1.64 bits per heavy atom. The van der Waals surface area contributed by atoms with Crippen LogP contribution in [0.25, 0.3) is 11.3 Å². The molecule has 4 aromatic rings. The summed E-state index contributed by atoms with van der Waals surface area (Å²) >= 11 is 0. The number of anilines is 1. The van der Waals surface area contributed by atoms with Crippen molar-refractivity contribution >= 4 is 17.5 Å². The van der Waals surface area contributed by atoms with Crippen molar-refractivity contribution in [1.29, 1.82) is 0 Å². The normalized spacial score (nSPS) is 14.8. The highest BCUT2D eigenvalue weighted by molar-refractivity contribution is 6.10. The minimum Gasteiger partial charge on any atom is -0.477 e. The lowest BCUT2D eigenvalue weighted by Crippen LogP contribution is -2.50. The van der Waals surface area contributed by atoms with Crippen molar-refractivity contribution in [3.63, 3.8) is 0 Å². The Morgan fingerprint density at radius 1 is 0.939 bits per heavy atom. The molecule has 1 aliphatic heterocycles. The zero-order valence-corrected chi connectivity index (χ0v) is 17.7. The fourth-order valence-corrected chi connectivity index (χ4v) is 3.80. The van der Waals surface area contributed by atoms with Crippen molar-refractivity contribution in [2.45, 2.75) is 12.6 Å². The summed E-state index contributed by atoms with van der Waals surface area (Å²) in [5, 5.41) is 6.94. The number of hydrogen-bond donors (Lipinski definition) is 1. The van der Waals surface area contributed by atoms with E-state index >= 15 is 0 Å². The van der Waals surface area contributed by atoms with Crippen LogP contribution in [0.5, 0.6) is 5.75 Å². The highest BCUT2D eigenvalue weighted by Crippen LogP contribution is 2.35. The highest BCUT2D eigenvalue weighted by atomic mass is 16.5. The standard InChI is InChI=1S/C26H21N3O4/c30-25(27-15-18-9-3-1-4-10-18)23-16-29(21-13-7-8-14-22(21)33-23)26(31)20-17-32-28-24(20)19-11-5-2-6-12-19/h1-14,17,23H,15-16H2,(H,27,30)/t23-/m1/s1. The van der Waals surface area contributed by atoms with Gasteiger partial charge in [0.15, 0.2) is 6.10 Å². The molecule has 0 saturated heterocycles. The minimum atomic E-state index is -0.854. The van der Waals surface area contributed by atoms with Crippen LogP contribution in [0.4, 0.5) is 5.69 Å². The molecule has 0 fully saturated rings. The van der Waals surface area contributed by atoms with E-state index in [4.69, 9.17) is 9.26 Å². The largest absolute Gasteiger partial charge is 0.477 e. The Hall–Kier alpha value is -4.39. The summed E-state index contributed by atoms with van der Waals surface area (Å²) in [7, 11) is 0. The summed E-state index contributed by atoms with van der Waals surface area (Å²) in [5.41, 5.74) is 3.12. The maximum atomic E-state index is 13.6. The lowest BCUT2D eigenvalue weighted by Gasteiger charge is -2.34. The van der Waals surface area contributed by atoms with Crippen LogP contribution in [-0.4, -0.2) is 29.6 Å². The van der Waals surface area contributed by atoms with E-state index < -0.39 is 6.10 Å². The number of fused-ring (bicyclic) bond motifs is 1. The summed E-state index contributed by atoms with van der Waals surface area (Å²) in [6.45, 7) is 0.439. The summed E-state index contributed by atoms with van der Waals surface area (Å²) < 4.78 is 11.1. The average Bonchev–Trinajstić information content (AvgIpc) is 3.37. The number of hydrogen-bond acceptors (Lipinski definition) is 5. The molecule has 0 bridgehead atoms. The number of carbonyl (C=O) groups excluding carboxylic acids is 2. The number of benzene rings is 3. The molecule has 1 N–H and O–H groups in total. The van der Waals surface area contributed by atoms with Gasteiger partial charge in [-0.1, -0.05) is 78.0 Å². The van der Waals surface area contributed by atoms with Gasteiger partial charge in [0.1, 0.15) is 23.3 Å². The van der Waals surface area contributed by atoms with Gasteiger partial charge in [0.05, 0.1) is 12.2 Å². The molecular formula is C26H21N3O4. The van der Waals surface area contributed by atoms with E-state index in [2.05, 4.69) is 10.5 Å². The molecule has 0 saturated carbocycles. The Morgan fingerprint density at radius 3 is 2.42 bits per heavy atom. The van der Waals surface area contributed by atoms with E-state index in [9.17, 15) is 9.59 Å². The summed E-state index contributed by atoms with van der Waals surface area (Å²) in [6, 6.07) is 26.1. The van der Waals surface area contributed by atoms with Gasteiger partial charge >= 0.3 is 0 Å². The maximum Gasteiger partial charge on any atom is 0.264 e. The van der Waals surface area contributed by atoms with Crippen LogP contribution >= 0.6 is 0 Å². The first-order valence-electron chi connectivity index (χ1n) is 10.6. The van der Waals surface area contributed by atoms with Crippen LogP contribution in [0.2, 0.25) is 0 Å². The second-order valence-electron chi connectivity index (χ2n) is 7.64. The first-order valence-corrected chi connectivity index (χ1v) is 10.6. The van der Waals surface area contributed by atoms with Crippen LogP contribution in [-0.2, 0) is 11.3 Å². The average molecular weight is 439 g/mol. The fraction of sp³-hybridized carbons (Fsp3) is 0.115. The third-order valence-electron chi connectivity index (χ3n) is 5.47. The zero-order chi connectivity index (χ0) is 22.6. The molecule has 5 rings (SSSR count). The summed E-state index contributed by atoms with van der Waals surface area (Å²) in [5.74, 6) is -0.138. The fourth-order valence-electron chi connectivity index (χ4n) is 3.80. The topological polar surface area (TPSA) is 84.7 Å². The van der Waals surface area contributed by atoms with Gasteiger partial charge in [-0.25, -0.2) is 0 Å². The number of aromatic nitrogens is 1. The number of ether oxygens (including phenoxy) is 1. The summed E-state index contributed by atoms with van der Waals surface area (Å²) in [4.78, 5) is 28.1. The smallest absolute Gasteiger partial charge is 0.264 e. The molecule has 164 valence electrons. The Kier molecular flexibility index (Phi) is 5.59. The van der Waals surface area contributed by atoms with Crippen molar-refractivity contribution in [2.75, 3.05) is 11.4 Å². The van der Waals surface area contributed by atoms with Gasteiger partial charge in [0, 0.05) is 12.1 Å². The van der Waals surface area contributed by atoms with Gasteiger partial charge in [0.25, 0.3) is 11.8 Å². The number of nitrogens with zero attached hydrogens (tertiary/aromatic N) is 2. The van der Waals surface area contributed by atoms with Crippen LogP contribution in [0.15, 0.2) is 95.7 Å². The number of amides is 2. The molecule has 0 radical (unpaired) electrons.